The molecule has 0 fully saturated rings. The van der Waals surface area contributed by atoms with Crippen LogP contribution in [0.15, 0.2) is 71.7 Å². The second kappa shape index (κ2) is 7.36. The highest BCUT2D eigenvalue weighted by atomic mass is 16.5. The number of methoxy groups -OCH3 is 1. The van der Waals surface area contributed by atoms with E-state index in [2.05, 4.69) is 9.97 Å². The number of hydrogen-bond acceptors (Lipinski definition) is 5. The number of aromatic hydroxyl groups is 1. The van der Waals surface area contributed by atoms with E-state index in [1.807, 2.05) is 30.3 Å². The van der Waals surface area contributed by atoms with Crippen LogP contribution < -0.4 is 10.3 Å². The van der Waals surface area contributed by atoms with Gasteiger partial charge < -0.3 is 9.84 Å². The first-order valence-corrected chi connectivity index (χ1v) is 8.66. The van der Waals surface area contributed by atoms with Gasteiger partial charge in [-0.15, -0.1) is 0 Å². The van der Waals surface area contributed by atoms with E-state index in [-0.39, 0.29) is 11.3 Å². The zero-order valence-electron chi connectivity index (χ0n) is 15.1. The first-order chi connectivity index (χ1) is 13.7. The molecule has 0 aliphatic carbocycles. The molecule has 2 aromatic heterocycles. The topological polar surface area (TPSA) is 77.2 Å². The largest absolute Gasteiger partial charge is 0.504 e. The van der Waals surface area contributed by atoms with E-state index >= 15 is 0 Å². The van der Waals surface area contributed by atoms with E-state index in [1.54, 1.807) is 48.7 Å². The van der Waals surface area contributed by atoms with Crippen LogP contribution in [0.5, 0.6) is 11.5 Å². The van der Waals surface area contributed by atoms with Gasteiger partial charge in [-0.1, -0.05) is 30.3 Å². The molecule has 138 valence electrons. The molecule has 0 bridgehead atoms. The summed E-state index contributed by atoms with van der Waals surface area (Å²) >= 11 is 0. The van der Waals surface area contributed by atoms with Gasteiger partial charge in [-0.3, -0.25) is 9.36 Å². The minimum absolute atomic E-state index is 0.0220. The molecule has 0 atom stereocenters. The number of phenolic OH excluding ortho intramolecular Hbond substituents is 1. The number of fused-ring (bicyclic) bond motifs is 1. The first-order valence-electron chi connectivity index (χ1n) is 8.66. The zero-order chi connectivity index (χ0) is 19.5. The summed E-state index contributed by atoms with van der Waals surface area (Å²) in [5, 5.41) is 10.7. The third-order valence-electron chi connectivity index (χ3n) is 4.35. The summed E-state index contributed by atoms with van der Waals surface area (Å²) < 4.78 is 6.67. The van der Waals surface area contributed by atoms with Crippen LogP contribution in [0.2, 0.25) is 0 Å². The molecule has 0 unspecified atom stereocenters. The van der Waals surface area contributed by atoms with Crippen LogP contribution in [0.25, 0.3) is 28.9 Å². The monoisotopic (exact) mass is 371 g/mol. The van der Waals surface area contributed by atoms with Gasteiger partial charge >= 0.3 is 0 Å². The molecule has 28 heavy (non-hydrogen) atoms. The van der Waals surface area contributed by atoms with Crippen LogP contribution in [0.3, 0.4) is 0 Å². The number of aromatic nitrogens is 3. The predicted octanol–water partition coefficient (Wildman–Crippen LogP) is 3.67. The van der Waals surface area contributed by atoms with Crippen LogP contribution >= 0.6 is 0 Å². The maximum atomic E-state index is 13.1. The van der Waals surface area contributed by atoms with E-state index < -0.39 is 0 Å². The Balaban J connectivity index is 1.92. The Morgan fingerprint density at radius 3 is 2.61 bits per heavy atom. The van der Waals surface area contributed by atoms with E-state index in [4.69, 9.17) is 4.74 Å². The van der Waals surface area contributed by atoms with E-state index in [9.17, 15) is 9.90 Å². The molecule has 0 spiro atoms. The highest BCUT2D eigenvalue weighted by molar-refractivity contribution is 5.78. The highest BCUT2D eigenvalue weighted by Crippen LogP contribution is 2.30. The van der Waals surface area contributed by atoms with Crippen molar-refractivity contribution in [2.75, 3.05) is 7.11 Å². The summed E-state index contributed by atoms with van der Waals surface area (Å²) in [6, 6.07) is 17.9. The highest BCUT2D eigenvalue weighted by Gasteiger charge is 2.12. The van der Waals surface area contributed by atoms with Crippen molar-refractivity contribution in [2.45, 2.75) is 0 Å². The maximum absolute atomic E-state index is 13.1. The van der Waals surface area contributed by atoms with Gasteiger partial charge in [0.2, 0.25) is 0 Å². The smallest absolute Gasteiger partial charge is 0.267 e. The molecular formula is C22H17N3O3. The lowest BCUT2D eigenvalue weighted by atomic mass is 10.1. The van der Waals surface area contributed by atoms with Crippen molar-refractivity contribution in [3.05, 3.63) is 88.6 Å². The number of benzene rings is 2. The van der Waals surface area contributed by atoms with Crippen LogP contribution in [-0.4, -0.2) is 26.8 Å². The Bertz CT molecular complexity index is 1230. The standard InChI is InChI=1S/C22H17N3O3/c1-28-18-11-5-7-15(20(18)26)12-13-19-24-21-17(10-6-14-23-21)22(27)25(19)16-8-3-2-4-9-16/h2-14,26H,1H3/b13-12+. The molecular weight excluding hydrogens is 354 g/mol. The van der Waals surface area contributed by atoms with Gasteiger partial charge in [0.1, 0.15) is 5.82 Å². The van der Waals surface area contributed by atoms with Gasteiger partial charge in [0.05, 0.1) is 18.2 Å². The molecule has 4 aromatic rings. The SMILES string of the molecule is COc1cccc(/C=C/c2nc3ncccc3c(=O)n2-c2ccccc2)c1O. The molecule has 6 heteroatoms. The van der Waals surface area contributed by atoms with Crippen molar-refractivity contribution in [3.63, 3.8) is 0 Å². The van der Waals surface area contributed by atoms with Crippen molar-refractivity contribution in [3.8, 4) is 17.2 Å². The van der Waals surface area contributed by atoms with Gasteiger partial charge in [0, 0.05) is 11.8 Å². The van der Waals surface area contributed by atoms with E-state index in [1.165, 1.54) is 11.7 Å². The summed E-state index contributed by atoms with van der Waals surface area (Å²) in [7, 11) is 1.49. The molecule has 0 saturated carbocycles. The zero-order valence-corrected chi connectivity index (χ0v) is 15.1. The minimum atomic E-state index is -0.209. The fourth-order valence-electron chi connectivity index (χ4n) is 2.98. The fourth-order valence-corrected chi connectivity index (χ4v) is 2.98. The Labute approximate surface area is 161 Å². The second-order valence-electron chi connectivity index (χ2n) is 6.05. The average Bonchev–Trinajstić information content (AvgIpc) is 2.74. The molecule has 6 nitrogen and oxygen atoms in total. The number of nitrogens with zero attached hydrogens (tertiary/aromatic N) is 3. The summed E-state index contributed by atoms with van der Waals surface area (Å²) in [6.07, 6.45) is 4.97. The Hall–Kier alpha value is -3.93. The summed E-state index contributed by atoms with van der Waals surface area (Å²) in [5.41, 5.74) is 1.41. The number of pyridine rings is 1. The molecule has 0 radical (unpaired) electrons. The van der Waals surface area contributed by atoms with Gasteiger partial charge in [-0.05, 0) is 42.5 Å². The Morgan fingerprint density at radius 2 is 1.82 bits per heavy atom. The summed E-state index contributed by atoms with van der Waals surface area (Å²) in [4.78, 5) is 21.9. The number of rotatable bonds is 4. The number of ether oxygens (including phenoxy) is 1. The van der Waals surface area contributed by atoms with E-state index in [0.29, 0.717) is 33.9 Å². The van der Waals surface area contributed by atoms with Crippen LogP contribution in [-0.2, 0) is 0 Å². The van der Waals surface area contributed by atoms with Crippen LogP contribution in [0.4, 0.5) is 0 Å². The number of para-hydroxylation sites is 2. The Kier molecular flexibility index (Phi) is 4.60. The van der Waals surface area contributed by atoms with E-state index in [0.717, 1.165) is 0 Å². The van der Waals surface area contributed by atoms with Gasteiger partial charge in [-0.2, -0.15) is 0 Å². The average molecular weight is 371 g/mol. The number of hydrogen-bond donors (Lipinski definition) is 1. The normalized spacial score (nSPS) is 11.2. The summed E-state index contributed by atoms with van der Waals surface area (Å²) in [6.45, 7) is 0. The molecule has 2 heterocycles. The summed E-state index contributed by atoms with van der Waals surface area (Å²) in [5.74, 6) is 0.800. The second-order valence-corrected chi connectivity index (χ2v) is 6.05. The molecule has 4 rings (SSSR count). The Morgan fingerprint density at radius 1 is 1.00 bits per heavy atom. The molecule has 1 N–H and O–H groups in total. The van der Waals surface area contributed by atoms with Crippen molar-refractivity contribution < 1.29 is 9.84 Å². The van der Waals surface area contributed by atoms with Gasteiger partial charge in [0.15, 0.2) is 17.1 Å². The van der Waals surface area contributed by atoms with Crippen molar-refractivity contribution in [1.82, 2.24) is 14.5 Å². The fraction of sp³-hybridized carbons (Fsp3) is 0.0455. The first kappa shape index (κ1) is 17.5. The molecule has 0 amide bonds. The molecule has 2 aromatic carbocycles. The molecule has 0 saturated heterocycles. The minimum Gasteiger partial charge on any atom is -0.504 e. The lowest BCUT2D eigenvalue weighted by molar-refractivity contribution is 0.373. The molecule has 0 aliphatic heterocycles. The lowest BCUT2D eigenvalue weighted by Gasteiger charge is -2.11. The van der Waals surface area contributed by atoms with Crippen LogP contribution in [0.1, 0.15) is 11.4 Å². The predicted molar refractivity (Wildman–Crippen MR) is 109 cm³/mol. The van der Waals surface area contributed by atoms with Gasteiger partial charge in [-0.25, -0.2) is 9.97 Å². The maximum Gasteiger partial charge on any atom is 0.267 e. The van der Waals surface area contributed by atoms with Crippen molar-refractivity contribution in [1.29, 1.82) is 0 Å². The third kappa shape index (κ3) is 3.12. The molecule has 0 aliphatic rings. The third-order valence-corrected chi connectivity index (χ3v) is 4.35. The van der Waals surface area contributed by atoms with Gasteiger partial charge in [0.25, 0.3) is 5.56 Å². The quantitative estimate of drug-likeness (QED) is 0.592. The van der Waals surface area contributed by atoms with Crippen LogP contribution in [0, 0.1) is 0 Å². The lowest BCUT2D eigenvalue weighted by Crippen LogP contribution is -2.22. The number of phenols is 1. The van der Waals surface area contributed by atoms with Crippen molar-refractivity contribution >= 4 is 23.2 Å². The van der Waals surface area contributed by atoms with Crippen molar-refractivity contribution in [2.24, 2.45) is 0 Å².